The van der Waals surface area contributed by atoms with Crippen LogP contribution in [-0.2, 0) is 5.75 Å². The van der Waals surface area contributed by atoms with Crippen molar-refractivity contribution in [1.29, 1.82) is 0 Å². The predicted octanol–water partition coefficient (Wildman–Crippen LogP) is 2.13. The number of nitrogens with zero attached hydrogens (tertiary/aromatic N) is 1. The van der Waals surface area contributed by atoms with Crippen molar-refractivity contribution in [3.63, 3.8) is 0 Å². The lowest BCUT2D eigenvalue weighted by Gasteiger charge is -1.98. The molecule has 54 valence electrons. The molecule has 1 aromatic heterocycles. The van der Waals surface area contributed by atoms with Gasteiger partial charge in [0.1, 0.15) is 0 Å². The quantitative estimate of drug-likeness (QED) is 0.610. The summed E-state index contributed by atoms with van der Waals surface area (Å²) in [5, 5.41) is 0. The molecule has 2 heteroatoms. The molecular weight excluding hydrogens is 142 g/mol. The first-order valence-corrected chi connectivity index (χ1v) is 3.90. The first-order valence-electron chi connectivity index (χ1n) is 3.27. The molecule has 1 rings (SSSR count). The third kappa shape index (κ3) is 1.74. The maximum absolute atomic E-state index is 4.28. The maximum Gasteiger partial charge on any atom is 0.0505 e. The van der Waals surface area contributed by atoms with Gasteiger partial charge in [0, 0.05) is 11.4 Å². The van der Waals surface area contributed by atoms with Crippen LogP contribution in [0.15, 0.2) is 12.1 Å². The summed E-state index contributed by atoms with van der Waals surface area (Å²) < 4.78 is 0. The molecule has 1 heterocycles. The molecule has 0 aliphatic rings. The molecule has 1 aromatic rings. The second-order valence-corrected chi connectivity index (χ2v) is 2.75. The van der Waals surface area contributed by atoms with E-state index in [0.717, 1.165) is 17.1 Å². The second kappa shape index (κ2) is 3.06. The molecule has 0 aromatic carbocycles. The van der Waals surface area contributed by atoms with Crippen molar-refractivity contribution in [1.82, 2.24) is 4.98 Å². The van der Waals surface area contributed by atoms with E-state index < -0.39 is 0 Å². The lowest BCUT2D eigenvalue weighted by atomic mass is 10.2. The fourth-order valence-corrected chi connectivity index (χ4v) is 1.17. The molecule has 0 radical (unpaired) electrons. The van der Waals surface area contributed by atoms with Gasteiger partial charge in [-0.05, 0) is 31.5 Å². The van der Waals surface area contributed by atoms with Crippen molar-refractivity contribution >= 4 is 12.6 Å². The van der Waals surface area contributed by atoms with Crippen LogP contribution >= 0.6 is 12.6 Å². The highest BCUT2D eigenvalue weighted by Gasteiger charge is 1.93. The Morgan fingerprint density at radius 3 is 2.60 bits per heavy atom. The number of pyridine rings is 1. The van der Waals surface area contributed by atoms with Crippen LogP contribution in [0.3, 0.4) is 0 Å². The Morgan fingerprint density at radius 1 is 1.40 bits per heavy atom. The smallest absolute Gasteiger partial charge is 0.0505 e. The third-order valence-corrected chi connectivity index (χ3v) is 1.64. The molecule has 0 bridgehead atoms. The maximum atomic E-state index is 4.28. The summed E-state index contributed by atoms with van der Waals surface area (Å²) in [4.78, 5) is 4.28. The van der Waals surface area contributed by atoms with Gasteiger partial charge in [-0.25, -0.2) is 0 Å². The lowest BCUT2D eigenvalue weighted by Crippen LogP contribution is -1.89. The predicted molar refractivity (Wildman–Crippen MR) is 46.4 cm³/mol. The fraction of sp³-hybridized carbons (Fsp3) is 0.375. The summed E-state index contributed by atoms with van der Waals surface area (Å²) in [7, 11) is 0. The largest absolute Gasteiger partial charge is 0.257 e. The van der Waals surface area contributed by atoms with Crippen molar-refractivity contribution in [3.05, 3.63) is 29.1 Å². The van der Waals surface area contributed by atoms with Crippen LogP contribution in [0.4, 0.5) is 0 Å². The number of rotatable bonds is 1. The topological polar surface area (TPSA) is 12.9 Å². The zero-order valence-corrected chi connectivity index (χ0v) is 7.15. The molecule has 10 heavy (non-hydrogen) atoms. The lowest BCUT2D eigenvalue weighted by molar-refractivity contribution is 1.09. The van der Waals surface area contributed by atoms with Crippen molar-refractivity contribution in [3.8, 4) is 0 Å². The SMILES string of the molecule is Cc1cc(C)nc(CS)c1. The van der Waals surface area contributed by atoms with Gasteiger partial charge in [-0.1, -0.05) is 0 Å². The van der Waals surface area contributed by atoms with Gasteiger partial charge in [-0.2, -0.15) is 12.6 Å². The Labute approximate surface area is 66.9 Å². The Hall–Kier alpha value is -0.500. The normalized spacial score (nSPS) is 9.90. The van der Waals surface area contributed by atoms with Crippen molar-refractivity contribution in [2.75, 3.05) is 0 Å². The monoisotopic (exact) mass is 153 g/mol. The highest BCUT2D eigenvalue weighted by molar-refractivity contribution is 7.79. The summed E-state index contributed by atoms with van der Waals surface area (Å²) in [6.07, 6.45) is 0. The van der Waals surface area contributed by atoms with E-state index in [-0.39, 0.29) is 0 Å². The van der Waals surface area contributed by atoms with Crippen LogP contribution in [-0.4, -0.2) is 4.98 Å². The first kappa shape index (κ1) is 7.61. The highest BCUT2D eigenvalue weighted by atomic mass is 32.1. The minimum Gasteiger partial charge on any atom is -0.257 e. The van der Waals surface area contributed by atoms with E-state index in [2.05, 4.69) is 36.7 Å². The van der Waals surface area contributed by atoms with Gasteiger partial charge in [-0.15, -0.1) is 0 Å². The third-order valence-electron chi connectivity index (χ3n) is 1.31. The van der Waals surface area contributed by atoms with Crippen molar-refractivity contribution < 1.29 is 0 Å². The number of aromatic nitrogens is 1. The molecule has 0 fully saturated rings. The standard InChI is InChI=1S/C8H11NS/c1-6-3-7(2)9-8(4-6)5-10/h3-4,10H,5H2,1-2H3. The Bertz CT molecular complexity index is 212. The summed E-state index contributed by atoms with van der Waals surface area (Å²) >= 11 is 4.14. The van der Waals surface area contributed by atoms with E-state index in [1.54, 1.807) is 0 Å². The number of aryl methyl sites for hydroxylation is 2. The second-order valence-electron chi connectivity index (χ2n) is 2.44. The Morgan fingerprint density at radius 2 is 2.10 bits per heavy atom. The summed E-state index contributed by atoms with van der Waals surface area (Å²) in [5.74, 6) is 0.725. The van der Waals surface area contributed by atoms with Gasteiger partial charge in [0.25, 0.3) is 0 Å². The highest BCUT2D eigenvalue weighted by Crippen LogP contribution is 2.05. The van der Waals surface area contributed by atoms with Crippen molar-refractivity contribution in [2.24, 2.45) is 0 Å². The Balaban J connectivity index is 3.06. The molecule has 0 saturated carbocycles. The van der Waals surface area contributed by atoms with Crippen LogP contribution in [0.5, 0.6) is 0 Å². The van der Waals surface area contributed by atoms with Crippen molar-refractivity contribution in [2.45, 2.75) is 19.6 Å². The van der Waals surface area contributed by atoms with Crippen LogP contribution in [0.2, 0.25) is 0 Å². The van der Waals surface area contributed by atoms with Gasteiger partial charge in [-0.3, -0.25) is 4.98 Å². The van der Waals surface area contributed by atoms with Gasteiger partial charge < -0.3 is 0 Å². The molecule has 1 nitrogen and oxygen atoms in total. The molecule has 0 atom stereocenters. The molecule has 0 aliphatic heterocycles. The minimum absolute atomic E-state index is 0.725. The average molecular weight is 153 g/mol. The molecule has 0 N–H and O–H groups in total. The van der Waals surface area contributed by atoms with Crippen LogP contribution in [0, 0.1) is 13.8 Å². The zero-order valence-electron chi connectivity index (χ0n) is 6.26. The van der Waals surface area contributed by atoms with E-state index in [0.29, 0.717) is 0 Å². The fourth-order valence-electron chi connectivity index (χ4n) is 1.01. The molecular formula is C8H11NS. The Kier molecular flexibility index (Phi) is 2.33. The average Bonchev–Trinajstić information content (AvgIpc) is 1.85. The summed E-state index contributed by atoms with van der Waals surface area (Å²) in [6.45, 7) is 4.07. The van der Waals surface area contributed by atoms with Gasteiger partial charge in [0.05, 0.1) is 5.69 Å². The molecule has 0 amide bonds. The number of hydrogen-bond donors (Lipinski definition) is 1. The van der Waals surface area contributed by atoms with Crippen LogP contribution < -0.4 is 0 Å². The number of hydrogen-bond acceptors (Lipinski definition) is 2. The van der Waals surface area contributed by atoms with E-state index in [1.165, 1.54) is 5.56 Å². The first-order chi connectivity index (χ1) is 4.72. The van der Waals surface area contributed by atoms with Gasteiger partial charge in [0.15, 0.2) is 0 Å². The van der Waals surface area contributed by atoms with E-state index in [4.69, 9.17) is 0 Å². The van der Waals surface area contributed by atoms with Gasteiger partial charge in [0.2, 0.25) is 0 Å². The van der Waals surface area contributed by atoms with Gasteiger partial charge >= 0.3 is 0 Å². The van der Waals surface area contributed by atoms with E-state index in [9.17, 15) is 0 Å². The van der Waals surface area contributed by atoms with E-state index in [1.807, 2.05) is 6.92 Å². The molecule has 0 saturated heterocycles. The molecule has 0 spiro atoms. The number of thiol groups is 1. The molecule has 0 unspecified atom stereocenters. The molecule has 0 aliphatic carbocycles. The minimum atomic E-state index is 0.725. The zero-order chi connectivity index (χ0) is 7.56. The van der Waals surface area contributed by atoms with Crippen LogP contribution in [0.1, 0.15) is 17.0 Å². The van der Waals surface area contributed by atoms with E-state index >= 15 is 0 Å². The van der Waals surface area contributed by atoms with Crippen LogP contribution in [0.25, 0.3) is 0 Å². The summed E-state index contributed by atoms with van der Waals surface area (Å²) in [6, 6.07) is 4.12. The summed E-state index contributed by atoms with van der Waals surface area (Å²) in [5.41, 5.74) is 3.39.